The molecule has 5 heteroatoms. The predicted octanol–water partition coefficient (Wildman–Crippen LogP) is 2.29. The summed E-state index contributed by atoms with van der Waals surface area (Å²) in [6.45, 7) is 1.87. The van der Waals surface area contributed by atoms with Gasteiger partial charge >= 0.3 is 0 Å². The molecule has 118 valence electrons. The highest BCUT2D eigenvalue weighted by Gasteiger charge is 2.17. The molecular formula is C16H25NO4. The van der Waals surface area contributed by atoms with Crippen molar-refractivity contribution in [1.82, 2.24) is 0 Å². The van der Waals surface area contributed by atoms with E-state index in [0.717, 1.165) is 36.5 Å². The first-order chi connectivity index (χ1) is 10.2. The van der Waals surface area contributed by atoms with E-state index in [-0.39, 0.29) is 12.1 Å². The minimum atomic E-state index is -0.251. The number of rotatable bonds is 7. The summed E-state index contributed by atoms with van der Waals surface area (Å²) in [5, 5.41) is 0. The molecule has 0 radical (unpaired) electrons. The summed E-state index contributed by atoms with van der Waals surface area (Å²) in [4.78, 5) is 0. The molecule has 2 N–H and O–H groups in total. The molecule has 1 aliphatic heterocycles. The quantitative estimate of drug-likeness (QED) is 0.836. The maximum atomic E-state index is 6.21. The molecule has 2 atom stereocenters. The van der Waals surface area contributed by atoms with Gasteiger partial charge in [-0.05, 0) is 37.5 Å². The van der Waals surface area contributed by atoms with Gasteiger partial charge in [-0.2, -0.15) is 0 Å². The van der Waals surface area contributed by atoms with E-state index in [1.54, 1.807) is 14.2 Å². The Hall–Kier alpha value is -1.30. The average Bonchev–Trinajstić information content (AvgIpc) is 2.55. The van der Waals surface area contributed by atoms with E-state index < -0.39 is 0 Å². The smallest absolute Gasteiger partial charge is 0.123 e. The maximum absolute atomic E-state index is 6.21. The highest BCUT2D eigenvalue weighted by molar-refractivity contribution is 5.42. The SMILES string of the molecule is COc1ccc(OC)c(C(N)COCC2CCCCO2)c1. The zero-order valence-corrected chi connectivity index (χ0v) is 12.8. The molecule has 0 spiro atoms. The van der Waals surface area contributed by atoms with Gasteiger partial charge in [0.2, 0.25) is 0 Å². The van der Waals surface area contributed by atoms with Crippen LogP contribution in [0.3, 0.4) is 0 Å². The van der Waals surface area contributed by atoms with Crippen LogP contribution in [-0.2, 0) is 9.47 Å². The Kier molecular flexibility index (Phi) is 6.29. The summed E-state index contributed by atoms with van der Waals surface area (Å²) in [6, 6.07) is 5.35. The van der Waals surface area contributed by atoms with Gasteiger partial charge < -0.3 is 24.7 Å². The van der Waals surface area contributed by atoms with Crippen LogP contribution < -0.4 is 15.2 Å². The molecule has 1 fully saturated rings. The normalized spacial score (nSPS) is 20.0. The largest absolute Gasteiger partial charge is 0.497 e. The Balaban J connectivity index is 1.88. The average molecular weight is 295 g/mol. The lowest BCUT2D eigenvalue weighted by Crippen LogP contribution is -2.27. The molecule has 1 aliphatic rings. The van der Waals surface area contributed by atoms with E-state index in [0.29, 0.717) is 13.2 Å². The second kappa shape index (κ2) is 8.22. The minimum absolute atomic E-state index is 0.207. The van der Waals surface area contributed by atoms with Crippen LogP contribution in [0.4, 0.5) is 0 Å². The Morgan fingerprint density at radius 2 is 2.14 bits per heavy atom. The molecule has 21 heavy (non-hydrogen) atoms. The van der Waals surface area contributed by atoms with Gasteiger partial charge in [0.15, 0.2) is 0 Å². The van der Waals surface area contributed by atoms with Gasteiger partial charge in [0.25, 0.3) is 0 Å². The van der Waals surface area contributed by atoms with Crippen LogP contribution in [-0.4, -0.2) is 40.1 Å². The van der Waals surface area contributed by atoms with E-state index in [2.05, 4.69) is 0 Å². The molecule has 0 aromatic heterocycles. The zero-order chi connectivity index (χ0) is 15.1. The van der Waals surface area contributed by atoms with Gasteiger partial charge in [0.1, 0.15) is 11.5 Å². The standard InChI is InChI=1S/C16H25NO4/c1-18-12-6-7-16(19-2)14(9-12)15(17)11-20-10-13-5-3-4-8-21-13/h6-7,9,13,15H,3-5,8,10-11,17H2,1-2H3. The lowest BCUT2D eigenvalue weighted by molar-refractivity contribution is -0.0428. The second-order valence-electron chi connectivity index (χ2n) is 5.24. The van der Waals surface area contributed by atoms with Gasteiger partial charge in [0, 0.05) is 12.2 Å². The first-order valence-corrected chi connectivity index (χ1v) is 7.41. The highest BCUT2D eigenvalue weighted by atomic mass is 16.5. The van der Waals surface area contributed by atoms with Crippen molar-refractivity contribution in [2.75, 3.05) is 34.0 Å². The van der Waals surface area contributed by atoms with E-state index in [1.807, 2.05) is 18.2 Å². The van der Waals surface area contributed by atoms with Crippen molar-refractivity contribution < 1.29 is 18.9 Å². The summed E-state index contributed by atoms with van der Waals surface area (Å²) < 4.78 is 21.9. The predicted molar refractivity (Wildman–Crippen MR) is 80.9 cm³/mol. The van der Waals surface area contributed by atoms with Crippen molar-refractivity contribution in [3.05, 3.63) is 23.8 Å². The van der Waals surface area contributed by atoms with Crippen LogP contribution >= 0.6 is 0 Å². The van der Waals surface area contributed by atoms with Crippen molar-refractivity contribution in [3.63, 3.8) is 0 Å². The van der Waals surface area contributed by atoms with Crippen molar-refractivity contribution in [1.29, 1.82) is 0 Å². The van der Waals surface area contributed by atoms with Crippen molar-refractivity contribution in [2.24, 2.45) is 5.73 Å². The first-order valence-electron chi connectivity index (χ1n) is 7.41. The van der Waals surface area contributed by atoms with E-state index in [4.69, 9.17) is 24.7 Å². The van der Waals surface area contributed by atoms with Crippen LogP contribution in [0.2, 0.25) is 0 Å². The summed E-state index contributed by atoms with van der Waals surface area (Å²) in [7, 11) is 3.27. The lowest BCUT2D eigenvalue weighted by atomic mass is 10.1. The fraction of sp³-hybridized carbons (Fsp3) is 0.625. The monoisotopic (exact) mass is 295 g/mol. The third-order valence-corrected chi connectivity index (χ3v) is 3.71. The lowest BCUT2D eigenvalue weighted by Gasteiger charge is -2.23. The van der Waals surface area contributed by atoms with Crippen LogP contribution in [0.15, 0.2) is 18.2 Å². The number of hydrogen-bond acceptors (Lipinski definition) is 5. The van der Waals surface area contributed by atoms with Crippen LogP contribution in [0.25, 0.3) is 0 Å². The number of ether oxygens (including phenoxy) is 4. The fourth-order valence-electron chi connectivity index (χ4n) is 2.48. The maximum Gasteiger partial charge on any atom is 0.123 e. The van der Waals surface area contributed by atoms with Crippen LogP contribution in [0.1, 0.15) is 30.9 Å². The van der Waals surface area contributed by atoms with Gasteiger partial charge in [-0.3, -0.25) is 0 Å². The van der Waals surface area contributed by atoms with Crippen LogP contribution in [0, 0.1) is 0 Å². The Morgan fingerprint density at radius 3 is 2.81 bits per heavy atom. The van der Waals surface area contributed by atoms with Crippen LogP contribution in [0.5, 0.6) is 11.5 Å². The molecular weight excluding hydrogens is 270 g/mol. The second-order valence-corrected chi connectivity index (χ2v) is 5.24. The van der Waals surface area contributed by atoms with E-state index in [1.165, 1.54) is 6.42 Å². The molecule has 5 nitrogen and oxygen atoms in total. The third-order valence-electron chi connectivity index (χ3n) is 3.71. The topological polar surface area (TPSA) is 62.9 Å². The molecule has 2 rings (SSSR count). The fourth-order valence-corrected chi connectivity index (χ4v) is 2.48. The first kappa shape index (κ1) is 16.1. The van der Waals surface area contributed by atoms with E-state index in [9.17, 15) is 0 Å². The summed E-state index contributed by atoms with van der Waals surface area (Å²) in [5.41, 5.74) is 7.10. The van der Waals surface area contributed by atoms with Gasteiger partial charge in [-0.1, -0.05) is 0 Å². The third kappa shape index (κ3) is 4.59. The van der Waals surface area contributed by atoms with Crippen molar-refractivity contribution >= 4 is 0 Å². The van der Waals surface area contributed by atoms with Crippen molar-refractivity contribution in [3.8, 4) is 11.5 Å². The Bertz CT molecular complexity index is 432. The minimum Gasteiger partial charge on any atom is -0.497 e. The number of benzene rings is 1. The molecule has 1 heterocycles. The Morgan fingerprint density at radius 1 is 1.29 bits per heavy atom. The Labute approximate surface area is 126 Å². The molecule has 1 aromatic carbocycles. The highest BCUT2D eigenvalue weighted by Crippen LogP contribution is 2.28. The van der Waals surface area contributed by atoms with Gasteiger partial charge in [-0.15, -0.1) is 0 Å². The molecule has 0 saturated carbocycles. The van der Waals surface area contributed by atoms with E-state index >= 15 is 0 Å². The number of methoxy groups -OCH3 is 2. The molecule has 1 saturated heterocycles. The van der Waals surface area contributed by atoms with Gasteiger partial charge in [-0.25, -0.2) is 0 Å². The number of hydrogen-bond donors (Lipinski definition) is 1. The molecule has 0 amide bonds. The molecule has 0 aliphatic carbocycles. The molecule has 1 aromatic rings. The summed E-state index contributed by atoms with van der Waals surface area (Å²) in [5.74, 6) is 1.51. The zero-order valence-electron chi connectivity index (χ0n) is 12.8. The summed E-state index contributed by atoms with van der Waals surface area (Å²) >= 11 is 0. The number of nitrogens with two attached hydrogens (primary N) is 1. The molecule has 0 bridgehead atoms. The summed E-state index contributed by atoms with van der Waals surface area (Å²) in [6.07, 6.45) is 3.64. The molecule has 2 unspecified atom stereocenters. The van der Waals surface area contributed by atoms with Gasteiger partial charge in [0.05, 0.1) is 39.6 Å². The van der Waals surface area contributed by atoms with Crippen molar-refractivity contribution in [2.45, 2.75) is 31.4 Å².